The summed E-state index contributed by atoms with van der Waals surface area (Å²) >= 11 is 12.7. The molecule has 0 radical (unpaired) electrons. The van der Waals surface area contributed by atoms with Gasteiger partial charge in [0.05, 0.1) is 19.1 Å². The largest absolute Gasteiger partial charge is 0.489 e. The van der Waals surface area contributed by atoms with Crippen molar-refractivity contribution in [1.82, 2.24) is 4.98 Å². The summed E-state index contributed by atoms with van der Waals surface area (Å²) in [6.07, 6.45) is -2.48. The molecular weight excluding hydrogens is 533 g/mol. The maximum absolute atomic E-state index is 14.9. The van der Waals surface area contributed by atoms with E-state index in [1.165, 1.54) is 42.6 Å². The second-order valence-corrected chi connectivity index (χ2v) is 9.66. The molecule has 37 heavy (non-hydrogen) atoms. The molecule has 196 valence electrons. The van der Waals surface area contributed by atoms with E-state index in [4.69, 9.17) is 33.7 Å². The highest BCUT2D eigenvalue weighted by Crippen LogP contribution is 2.49. The van der Waals surface area contributed by atoms with Crippen molar-refractivity contribution >= 4 is 34.9 Å². The minimum Gasteiger partial charge on any atom is -0.489 e. The Morgan fingerprint density at radius 1 is 1.19 bits per heavy atom. The van der Waals surface area contributed by atoms with Crippen LogP contribution < -0.4 is 15.4 Å². The molecule has 1 unspecified atom stereocenters. The number of anilines is 1. The van der Waals surface area contributed by atoms with E-state index >= 15 is 0 Å². The van der Waals surface area contributed by atoms with Crippen molar-refractivity contribution in [1.29, 1.82) is 0 Å². The first-order chi connectivity index (χ1) is 17.5. The van der Waals surface area contributed by atoms with Crippen LogP contribution in [0.25, 0.3) is 11.1 Å². The molecule has 11 heteroatoms. The summed E-state index contributed by atoms with van der Waals surface area (Å²) in [5, 5.41) is 0.526. The van der Waals surface area contributed by atoms with Gasteiger partial charge in [-0.1, -0.05) is 29.3 Å². The normalized spacial score (nSPS) is 14.4. The highest BCUT2D eigenvalue weighted by Gasteiger charge is 2.39. The summed E-state index contributed by atoms with van der Waals surface area (Å²) in [6, 6.07) is 9.81. The van der Waals surface area contributed by atoms with E-state index in [9.17, 15) is 22.4 Å². The molecule has 1 saturated carbocycles. The summed E-state index contributed by atoms with van der Waals surface area (Å²) in [4.78, 5) is 17.8. The summed E-state index contributed by atoms with van der Waals surface area (Å²) in [5.74, 6) is -0.821. The van der Waals surface area contributed by atoms with E-state index in [2.05, 4.69) is 4.98 Å². The van der Waals surface area contributed by atoms with E-state index in [1.54, 1.807) is 18.0 Å². The van der Waals surface area contributed by atoms with Crippen LogP contribution in [0, 0.1) is 11.7 Å². The van der Waals surface area contributed by atoms with E-state index in [1.807, 2.05) is 0 Å². The molecule has 1 fully saturated rings. The van der Waals surface area contributed by atoms with Crippen molar-refractivity contribution in [3.8, 4) is 16.9 Å². The van der Waals surface area contributed by atoms with E-state index < -0.39 is 37.0 Å². The van der Waals surface area contributed by atoms with Gasteiger partial charge in [-0.25, -0.2) is 9.37 Å². The van der Waals surface area contributed by atoms with Crippen LogP contribution in [-0.2, 0) is 0 Å². The average Bonchev–Trinajstić information content (AvgIpc) is 3.65. The fourth-order valence-electron chi connectivity index (χ4n) is 4.21. The number of ether oxygens (including phenoxy) is 1. The maximum Gasteiger partial charge on any atom is 0.392 e. The number of carbonyl (C=O) groups is 1. The van der Waals surface area contributed by atoms with E-state index in [-0.39, 0.29) is 33.1 Å². The molecule has 1 aliphatic carbocycles. The Morgan fingerprint density at radius 3 is 2.54 bits per heavy atom. The topological polar surface area (TPSA) is 68.5 Å². The van der Waals surface area contributed by atoms with E-state index in [0.29, 0.717) is 16.7 Å². The number of hydrogen-bond donors (Lipinski definition) is 1. The van der Waals surface area contributed by atoms with Crippen LogP contribution in [0.1, 0.15) is 41.2 Å². The lowest BCUT2D eigenvalue weighted by Gasteiger charge is -2.32. The molecule has 1 aliphatic rings. The van der Waals surface area contributed by atoms with Crippen molar-refractivity contribution < 1.29 is 27.1 Å². The van der Waals surface area contributed by atoms with Crippen molar-refractivity contribution in [2.24, 2.45) is 11.7 Å². The lowest BCUT2D eigenvalue weighted by Crippen LogP contribution is -2.28. The van der Waals surface area contributed by atoms with E-state index in [0.717, 1.165) is 12.8 Å². The first-order valence-electron chi connectivity index (χ1n) is 11.4. The summed E-state index contributed by atoms with van der Waals surface area (Å²) in [7, 11) is 1.67. The molecule has 1 atom stereocenters. The van der Waals surface area contributed by atoms with Gasteiger partial charge in [0.15, 0.2) is 11.6 Å². The predicted molar refractivity (Wildman–Crippen MR) is 135 cm³/mol. The molecule has 0 spiro atoms. The molecule has 2 aromatic carbocycles. The third-order valence-corrected chi connectivity index (χ3v) is 6.81. The van der Waals surface area contributed by atoms with Crippen molar-refractivity contribution in [3.05, 3.63) is 75.7 Å². The number of hydrogen-bond acceptors (Lipinski definition) is 4. The number of primary amides is 1. The van der Waals surface area contributed by atoms with Crippen molar-refractivity contribution in [2.75, 3.05) is 18.6 Å². The van der Waals surface area contributed by atoms with Gasteiger partial charge in [0.1, 0.15) is 5.82 Å². The van der Waals surface area contributed by atoms with Crippen LogP contribution in [0.2, 0.25) is 10.0 Å². The molecule has 3 aromatic rings. The second-order valence-electron chi connectivity index (χ2n) is 8.85. The number of benzene rings is 2. The average molecular weight is 556 g/mol. The Hall–Kier alpha value is -3.04. The van der Waals surface area contributed by atoms with Gasteiger partial charge >= 0.3 is 6.18 Å². The second kappa shape index (κ2) is 10.8. The zero-order valence-corrected chi connectivity index (χ0v) is 21.2. The molecule has 0 aliphatic heterocycles. The standard InChI is InChI=1S/C26H23Cl2F4N3O2/c1-35(23(14-5-6-14)22-19(28)3-2-4-20(22)29)25-21(37-10-9-26(30,31)32)12-16(13-34-25)17-11-15(24(33)36)7-8-18(17)27/h2-4,7-8,11-14,23H,5-6,9-10H2,1H3,(H2,33,36). The highest BCUT2D eigenvalue weighted by atomic mass is 35.5. The SMILES string of the molecule is CN(c1ncc(-c2cc(C(N)=O)ccc2Cl)cc1OCCC(F)(F)F)C(c1c(F)cccc1Cl)C1CC1. The van der Waals surface area contributed by atoms with Gasteiger partial charge in [-0.2, -0.15) is 13.2 Å². The Kier molecular flexibility index (Phi) is 7.85. The number of nitrogens with zero attached hydrogens (tertiary/aromatic N) is 2. The lowest BCUT2D eigenvalue weighted by molar-refractivity contribution is -0.139. The highest BCUT2D eigenvalue weighted by molar-refractivity contribution is 6.33. The number of rotatable bonds is 9. The van der Waals surface area contributed by atoms with Crippen LogP contribution in [0.5, 0.6) is 5.75 Å². The Morgan fingerprint density at radius 2 is 1.92 bits per heavy atom. The Bertz CT molecular complexity index is 1300. The lowest BCUT2D eigenvalue weighted by atomic mass is 9.99. The zero-order chi connectivity index (χ0) is 26.9. The summed E-state index contributed by atoms with van der Waals surface area (Å²) < 4.78 is 59.1. The minimum atomic E-state index is -4.42. The molecule has 1 aromatic heterocycles. The van der Waals surface area contributed by atoms with Gasteiger partial charge in [-0.15, -0.1) is 0 Å². The molecule has 0 saturated heterocycles. The first-order valence-corrected chi connectivity index (χ1v) is 12.2. The molecular formula is C26H23Cl2F4N3O2. The fraction of sp³-hybridized carbons (Fsp3) is 0.308. The van der Waals surface area contributed by atoms with Crippen LogP contribution in [0.4, 0.5) is 23.4 Å². The van der Waals surface area contributed by atoms with Gasteiger partial charge < -0.3 is 15.4 Å². The van der Waals surface area contributed by atoms with Gasteiger partial charge in [-0.3, -0.25) is 4.79 Å². The number of amides is 1. The number of nitrogens with two attached hydrogens (primary N) is 1. The Labute approximate surface area is 221 Å². The summed E-state index contributed by atoms with van der Waals surface area (Å²) in [5.41, 5.74) is 6.67. The van der Waals surface area contributed by atoms with Crippen molar-refractivity contribution in [3.63, 3.8) is 0 Å². The smallest absolute Gasteiger partial charge is 0.392 e. The molecule has 4 rings (SSSR count). The molecule has 5 nitrogen and oxygen atoms in total. The summed E-state index contributed by atoms with van der Waals surface area (Å²) in [6.45, 7) is -0.654. The number of halogens is 6. The molecule has 1 amide bonds. The number of alkyl halides is 3. The maximum atomic E-state index is 14.9. The van der Waals surface area contributed by atoms with Gasteiger partial charge in [0.2, 0.25) is 5.91 Å². The molecule has 2 N–H and O–H groups in total. The zero-order valence-electron chi connectivity index (χ0n) is 19.7. The molecule has 0 bridgehead atoms. The first kappa shape index (κ1) is 27.0. The van der Waals surface area contributed by atoms with Crippen molar-refractivity contribution in [2.45, 2.75) is 31.5 Å². The monoisotopic (exact) mass is 555 g/mol. The van der Waals surface area contributed by atoms with Gasteiger partial charge in [0.25, 0.3) is 0 Å². The van der Waals surface area contributed by atoms with Gasteiger partial charge in [-0.05, 0) is 55.2 Å². The number of carbonyl (C=O) groups excluding carboxylic acids is 1. The van der Waals surface area contributed by atoms with Crippen LogP contribution in [0.3, 0.4) is 0 Å². The quantitative estimate of drug-likeness (QED) is 0.283. The minimum absolute atomic E-state index is 0.0444. The third kappa shape index (κ3) is 6.27. The molecule has 1 heterocycles. The van der Waals surface area contributed by atoms with Crippen LogP contribution in [-0.4, -0.2) is 30.7 Å². The fourth-order valence-corrected chi connectivity index (χ4v) is 4.72. The van der Waals surface area contributed by atoms with Crippen LogP contribution in [0.15, 0.2) is 48.7 Å². The van der Waals surface area contributed by atoms with Crippen LogP contribution >= 0.6 is 23.2 Å². The number of pyridine rings is 1. The predicted octanol–water partition coefficient (Wildman–Crippen LogP) is 7.21. The van der Waals surface area contributed by atoms with Gasteiger partial charge in [0, 0.05) is 45.5 Å². The third-order valence-electron chi connectivity index (χ3n) is 6.15. The number of aromatic nitrogens is 1. The Balaban J connectivity index is 1.78.